The van der Waals surface area contributed by atoms with E-state index in [2.05, 4.69) is 4.98 Å². The lowest BCUT2D eigenvalue weighted by Crippen LogP contribution is -2.41. The maximum Gasteiger partial charge on any atom is 0.255 e. The van der Waals surface area contributed by atoms with Crippen molar-refractivity contribution in [3.05, 3.63) is 36.0 Å². The summed E-state index contributed by atoms with van der Waals surface area (Å²) < 4.78 is 0. The topological polar surface area (TPSA) is 62.1 Å². The number of aromatic nitrogens is 1. The molecule has 1 aliphatic rings. The molecular formula is C16H21N3O. The minimum Gasteiger partial charge on any atom is -0.361 e. The van der Waals surface area contributed by atoms with Gasteiger partial charge in [-0.15, -0.1) is 0 Å². The van der Waals surface area contributed by atoms with Gasteiger partial charge >= 0.3 is 0 Å². The van der Waals surface area contributed by atoms with Crippen LogP contribution in [-0.2, 0) is 0 Å². The Hall–Kier alpha value is -1.81. The van der Waals surface area contributed by atoms with Crippen LogP contribution < -0.4 is 5.73 Å². The molecule has 1 heterocycles. The van der Waals surface area contributed by atoms with Crippen molar-refractivity contribution in [2.45, 2.75) is 37.8 Å². The quantitative estimate of drug-likeness (QED) is 0.881. The molecule has 0 aliphatic heterocycles. The van der Waals surface area contributed by atoms with Gasteiger partial charge in [-0.1, -0.05) is 12.1 Å². The number of carbonyl (C=O) groups is 1. The number of hydrogen-bond acceptors (Lipinski definition) is 2. The van der Waals surface area contributed by atoms with Gasteiger partial charge in [0.1, 0.15) is 0 Å². The van der Waals surface area contributed by atoms with E-state index in [1.54, 1.807) is 0 Å². The van der Waals surface area contributed by atoms with Crippen molar-refractivity contribution >= 4 is 16.8 Å². The lowest BCUT2D eigenvalue weighted by Gasteiger charge is -2.33. The molecule has 106 valence electrons. The summed E-state index contributed by atoms with van der Waals surface area (Å²) in [4.78, 5) is 17.8. The first kappa shape index (κ1) is 13.2. The van der Waals surface area contributed by atoms with Crippen LogP contribution >= 0.6 is 0 Å². The van der Waals surface area contributed by atoms with Gasteiger partial charge in [0.2, 0.25) is 0 Å². The van der Waals surface area contributed by atoms with Crippen molar-refractivity contribution in [3.8, 4) is 0 Å². The lowest BCUT2D eigenvalue weighted by atomic mass is 9.90. The third-order valence-corrected chi connectivity index (χ3v) is 4.43. The minimum absolute atomic E-state index is 0.0959. The fourth-order valence-electron chi connectivity index (χ4n) is 3.11. The second-order valence-electron chi connectivity index (χ2n) is 5.73. The smallest absolute Gasteiger partial charge is 0.255 e. The highest BCUT2D eigenvalue weighted by Crippen LogP contribution is 2.24. The Labute approximate surface area is 118 Å². The third-order valence-electron chi connectivity index (χ3n) is 4.43. The van der Waals surface area contributed by atoms with Gasteiger partial charge in [-0.05, 0) is 37.8 Å². The van der Waals surface area contributed by atoms with Gasteiger partial charge in [0.05, 0.1) is 11.1 Å². The van der Waals surface area contributed by atoms with E-state index < -0.39 is 0 Å². The zero-order valence-electron chi connectivity index (χ0n) is 11.8. The van der Waals surface area contributed by atoms with Crippen LogP contribution in [0.15, 0.2) is 30.5 Å². The summed E-state index contributed by atoms with van der Waals surface area (Å²) in [5.74, 6) is 0.0959. The highest BCUT2D eigenvalue weighted by molar-refractivity contribution is 6.05. The standard InChI is InChI=1S/C16H21N3O/c1-19(13-7-5-12(17)6-8-13)16(20)14-4-2-3-11-9-10-18-15(11)14/h2-4,9-10,12-13,18H,5-8,17H2,1H3. The number of nitrogens with zero attached hydrogens (tertiary/aromatic N) is 1. The predicted molar refractivity (Wildman–Crippen MR) is 80.6 cm³/mol. The van der Waals surface area contributed by atoms with Gasteiger partial charge in [-0.3, -0.25) is 4.79 Å². The average molecular weight is 271 g/mol. The normalized spacial score (nSPS) is 22.9. The molecule has 3 rings (SSSR count). The first-order chi connectivity index (χ1) is 9.66. The molecule has 0 atom stereocenters. The van der Waals surface area contributed by atoms with Crippen LogP contribution in [0.25, 0.3) is 10.9 Å². The Balaban J connectivity index is 1.83. The van der Waals surface area contributed by atoms with Crippen molar-refractivity contribution in [3.63, 3.8) is 0 Å². The van der Waals surface area contributed by atoms with Gasteiger partial charge in [0.25, 0.3) is 5.91 Å². The zero-order valence-corrected chi connectivity index (χ0v) is 11.8. The molecule has 20 heavy (non-hydrogen) atoms. The molecule has 3 N–H and O–H groups in total. The maximum absolute atomic E-state index is 12.7. The fraction of sp³-hybridized carbons (Fsp3) is 0.438. The molecule has 1 aliphatic carbocycles. The number of benzene rings is 1. The van der Waals surface area contributed by atoms with E-state index in [0.29, 0.717) is 12.1 Å². The van der Waals surface area contributed by atoms with E-state index >= 15 is 0 Å². The number of nitrogens with two attached hydrogens (primary N) is 1. The van der Waals surface area contributed by atoms with E-state index in [1.165, 1.54) is 0 Å². The number of hydrogen-bond donors (Lipinski definition) is 2. The Kier molecular flexibility index (Phi) is 3.49. The van der Waals surface area contributed by atoms with Gasteiger partial charge in [0.15, 0.2) is 0 Å². The summed E-state index contributed by atoms with van der Waals surface area (Å²) in [6, 6.07) is 8.46. The van der Waals surface area contributed by atoms with Crippen LogP contribution in [0.3, 0.4) is 0 Å². The second-order valence-corrected chi connectivity index (χ2v) is 5.73. The number of carbonyl (C=O) groups excluding carboxylic acids is 1. The van der Waals surface area contributed by atoms with Crippen molar-refractivity contribution in [1.82, 2.24) is 9.88 Å². The Morgan fingerprint density at radius 1 is 1.25 bits per heavy atom. The number of fused-ring (bicyclic) bond motifs is 1. The molecular weight excluding hydrogens is 250 g/mol. The van der Waals surface area contributed by atoms with Crippen molar-refractivity contribution < 1.29 is 4.79 Å². The lowest BCUT2D eigenvalue weighted by molar-refractivity contribution is 0.0692. The highest BCUT2D eigenvalue weighted by atomic mass is 16.2. The second kappa shape index (κ2) is 5.29. The van der Waals surface area contributed by atoms with Crippen LogP contribution in [0, 0.1) is 0 Å². The van der Waals surface area contributed by atoms with Crippen LogP contribution in [0.1, 0.15) is 36.0 Å². The molecule has 1 saturated carbocycles. The Bertz CT molecular complexity index is 611. The van der Waals surface area contributed by atoms with Crippen LogP contribution in [0.2, 0.25) is 0 Å². The van der Waals surface area contributed by atoms with Crippen molar-refractivity contribution in [2.75, 3.05) is 7.05 Å². The molecule has 4 nitrogen and oxygen atoms in total. The van der Waals surface area contributed by atoms with Gasteiger partial charge < -0.3 is 15.6 Å². The van der Waals surface area contributed by atoms with E-state index in [4.69, 9.17) is 5.73 Å². The predicted octanol–water partition coefficient (Wildman–Crippen LogP) is 2.51. The average Bonchev–Trinajstić information content (AvgIpc) is 2.95. The number of H-pyrrole nitrogens is 1. The third kappa shape index (κ3) is 2.31. The summed E-state index contributed by atoms with van der Waals surface area (Å²) in [7, 11) is 1.91. The first-order valence-electron chi connectivity index (χ1n) is 7.25. The van der Waals surface area contributed by atoms with Crippen LogP contribution in [-0.4, -0.2) is 34.9 Å². The van der Waals surface area contributed by atoms with Gasteiger partial charge in [-0.2, -0.15) is 0 Å². The molecule has 0 spiro atoms. The molecule has 4 heteroatoms. The number of amides is 1. The molecule has 1 aromatic carbocycles. The van der Waals surface area contributed by atoms with E-state index in [0.717, 1.165) is 42.1 Å². The summed E-state index contributed by atoms with van der Waals surface area (Å²) in [6.45, 7) is 0. The molecule has 1 aromatic heterocycles. The molecule has 1 fully saturated rings. The van der Waals surface area contributed by atoms with Crippen LogP contribution in [0.4, 0.5) is 0 Å². The van der Waals surface area contributed by atoms with Crippen molar-refractivity contribution in [1.29, 1.82) is 0 Å². The summed E-state index contributed by atoms with van der Waals surface area (Å²) in [6.07, 6.45) is 5.90. The number of rotatable bonds is 2. The van der Waals surface area contributed by atoms with E-state index in [9.17, 15) is 4.79 Å². The van der Waals surface area contributed by atoms with E-state index in [1.807, 2.05) is 42.4 Å². The molecule has 1 amide bonds. The maximum atomic E-state index is 12.7. The summed E-state index contributed by atoms with van der Waals surface area (Å²) >= 11 is 0. The largest absolute Gasteiger partial charge is 0.361 e. The van der Waals surface area contributed by atoms with Gasteiger partial charge in [0, 0.05) is 30.7 Å². The Morgan fingerprint density at radius 3 is 2.75 bits per heavy atom. The number of para-hydroxylation sites is 1. The molecule has 0 bridgehead atoms. The molecule has 0 saturated heterocycles. The monoisotopic (exact) mass is 271 g/mol. The zero-order chi connectivity index (χ0) is 14.1. The summed E-state index contributed by atoms with van der Waals surface area (Å²) in [5.41, 5.74) is 7.62. The number of aromatic amines is 1. The van der Waals surface area contributed by atoms with Crippen molar-refractivity contribution in [2.24, 2.45) is 5.73 Å². The highest BCUT2D eigenvalue weighted by Gasteiger charge is 2.26. The molecule has 2 aromatic rings. The summed E-state index contributed by atoms with van der Waals surface area (Å²) in [5, 5.41) is 1.08. The fourth-order valence-corrected chi connectivity index (χ4v) is 3.11. The minimum atomic E-state index is 0.0959. The SMILES string of the molecule is CN(C(=O)c1cccc2cc[nH]c12)C1CCC(N)CC1. The molecule has 0 radical (unpaired) electrons. The van der Waals surface area contributed by atoms with E-state index in [-0.39, 0.29) is 5.91 Å². The van der Waals surface area contributed by atoms with Crippen LogP contribution in [0.5, 0.6) is 0 Å². The number of nitrogens with one attached hydrogen (secondary N) is 1. The van der Waals surface area contributed by atoms with Gasteiger partial charge in [-0.25, -0.2) is 0 Å². The first-order valence-corrected chi connectivity index (χ1v) is 7.25. The molecule has 0 unspecified atom stereocenters. The Morgan fingerprint density at radius 2 is 2.00 bits per heavy atom.